The molecule has 1 saturated heterocycles. The molecule has 1 aliphatic carbocycles. The quantitative estimate of drug-likeness (QED) is 0.589. The van der Waals surface area contributed by atoms with Crippen molar-refractivity contribution in [2.75, 3.05) is 25.0 Å². The molecule has 1 saturated carbocycles. The van der Waals surface area contributed by atoms with Gasteiger partial charge in [0.25, 0.3) is 0 Å². The van der Waals surface area contributed by atoms with Crippen molar-refractivity contribution in [2.45, 2.75) is 83.3 Å². The molecular weight excluding hydrogens is 352 g/mol. The van der Waals surface area contributed by atoms with Gasteiger partial charge in [-0.25, -0.2) is 4.79 Å². The highest BCUT2D eigenvalue weighted by molar-refractivity contribution is 5.85. The molecule has 0 spiro atoms. The number of anilines is 1. The molecule has 156 valence electrons. The number of benzene rings is 1. The Kier molecular flexibility index (Phi) is 8.46. The van der Waals surface area contributed by atoms with Crippen LogP contribution in [0.25, 0.3) is 0 Å². The Morgan fingerprint density at radius 2 is 1.93 bits per heavy atom. The van der Waals surface area contributed by atoms with Gasteiger partial charge in [0.05, 0.1) is 6.61 Å². The summed E-state index contributed by atoms with van der Waals surface area (Å²) in [4.78, 5) is 15.1. The molecule has 2 aliphatic rings. The molecule has 1 aliphatic heterocycles. The van der Waals surface area contributed by atoms with Crippen LogP contribution in [0.15, 0.2) is 24.3 Å². The van der Waals surface area contributed by atoms with Gasteiger partial charge >= 0.3 is 6.09 Å². The van der Waals surface area contributed by atoms with Crippen molar-refractivity contribution in [1.29, 1.82) is 0 Å². The lowest BCUT2D eigenvalue weighted by molar-refractivity contribution is 0.00174. The maximum absolute atomic E-state index is 12.5. The molecule has 0 unspecified atom stereocenters. The van der Waals surface area contributed by atoms with E-state index in [1.165, 1.54) is 38.5 Å². The number of piperidine rings is 1. The number of unbranched alkanes of at least 4 members (excludes halogenated alkanes) is 2. The Morgan fingerprint density at radius 1 is 1.11 bits per heavy atom. The molecule has 1 aromatic carbocycles. The molecule has 28 heavy (non-hydrogen) atoms. The van der Waals surface area contributed by atoms with Crippen LogP contribution in [0.5, 0.6) is 5.75 Å². The SMILES string of the molecule is CCCCCOc1cccc(NC(=O)O[C@H]2CCCC[C@@H]2N2CCCCC2)c1. The summed E-state index contributed by atoms with van der Waals surface area (Å²) in [6, 6.07) is 7.96. The van der Waals surface area contributed by atoms with E-state index in [1.54, 1.807) is 0 Å². The summed E-state index contributed by atoms with van der Waals surface area (Å²) in [6.07, 6.45) is 11.4. The van der Waals surface area contributed by atoms with E-state index in [-0.39, 0.29) is 12.2 Å². The lowest BCUT2D eigenvalue weighted by Gasteiger charge is -2.41. The maximum Gasteiger partial charge on any atom is 0.411 e. The van der Waals surface area contributed by atoms with Gasteiger partial charge in [0.2, 0.25) is 0 Å². The van der Waals surface area contributed by atoms with Crippen LogP contribution in [0, 0.1) is 0 Å². The van der Waals surface area contributed by atoms with E-state index in [4.69, 9.17) is 9.47 Å². The number of carbonyl (C=O) groups is 1. The Morgan fingerprint density at radius 3 is 2.75 bits per heavy atom. The fourth-order valence-electron chi connectivity index (χ4n) is 4.37. The maximum atomic E-state index is 12.5. The normalized spacial score (nSPS) is 23.2. The molecule has 2 atom stereocenters. The fourth-order valence-corrected chi connectivity index (χ4v) is 4.37. The summed E-state index contributed by atoms with van der Waals surface area (Å²) >= 11 is 0. The van der Waals surface area contributed by atoms with Crippen molar-refractivity contribution < 1.29 is 14.3 Å². The van der Waals surface area contributed by atoms with Crippen LogP contribution in [0.2, 0.25) is 0 Å². The number of rotatable bonds is 8. The van der Waals surface area contributed by atoms with Gasteiger partial charge < -0.3 is 9.47 Å². The van der Waals surface area contributed by atoms with Gasteiger partial charge in [0.1, 0.15) is 11.9 Å². The number of carbonyl (C=O) groups excluding carboxylic acids is 1. The van der Waals surface area contributed by atoms with Gasteiger partial charge in [0, 0.05) is 17.8 Å². The Hall–Kier alpha value is -1.75. The molecular formula is C23H36N2O3. The summed E-state index contributed by atoms with van der Waals surface area (Å²) in [5.74, 6) is 0.790. The second-order valence-corrected chi connectivity index (χ2v) is 8.10. The first-order valence-electron chi connectivity index (χ1n) is 11.2. The van der Waals surface area contributed by atoms with E-state index >= 15 is 0 Å². The third-order valence-electron chi connectivity index (χ3n) is 5.88. The lowest BCUT2D eigenvalue weighted by atomic mass is 9.90. The van der Waals surface area contributed by atoms with Crippen LogP contribution in [0.1, 0.15) is 71.1 Å². The molecule has 2 fully saturated rings. The summed E-state index contributed by atoms with van der Waals surface area (Å²) < 4.78 is 11.7. The molecule has 1 aromatic rings. The molecule has 1 amide bonds. The van der Waals surface area contributed by atoms with E-state index in [1.807, 2.05) is 24.3 Å². The largest absolute Gasteiger partial charge is 0.494 e. The molecule has 0 aromatic heterocycles. The summed E-state index contributed by atoms with van der Waals surface area (Å²) in [5, 5.41) is 2.90. The van der Waals surface area contributed by atoms with Crippen LogP contribution in [-0.2, 0) is 4.74 Å². The van der Waals surface area contributed by atoms with E-state index in [9.17, 15) is 4.79 Å². The molecule has 1 N–H and O–H groups in total. The van der Waals surface area contributed by atoms with Gasteiger partial charge in [-0.3, -0.25) is 10.2 Å². The van der Waals surface area contributed by atoms with E-state index < -0.39 is 0 Å². The van der Waals surface area contributed by atoms with E-state index in [0.29, 0.717) is 12.6 Å². The van der Waals surface area contributed by atoms with Gasteiger partial charge in [0.15, 0.2) is 0 Å². The average Bonchev–Trinajstić information content (AvgIpc) is 2.72. The topological polar surface area (TPSA) is 50.8 Å². The van der Waals surface area contributed by atoms with Crippen molar-refractivity contribution in [1.82, 2.24) is 4.90 Å². The number of ether oxygens (including phenoxy) is 2. The monoisotopic (exact) mass is 388 g/mol. The summed E-state index contributed by atoms with van der Waals surface area (Å²) in [7, 11) is 0. The van der Waals surface area contributed by atoms with Crippen molar-refractivity contribution >= 4 is 11.8 Å². The summed E-state index contributed by atoms with van der Waals surface area (Å²) in [5.41, 5.74) is 0.725. The van der Waals surface area contributed by atoms with Crippen LogP contribution >= 0.6 is 0 Å². The highest BCUT2D eigenvalue weighted by Gasteiger charge is 2.33. The van der Waals surface area contributed by atoms with Gasteiger partial charge in [-0.05, 0) is 63.7 Å². The van der Waals surface area contributed by atoms with Gasteiger partial charge in [-0.15, -0.1) is 0 Å². The Bertz CT molecular complexity index is 601. The predicted octanol–water partition coefficient (Wildman–Crippen LogP) is 5.60. The van der Waals surface area contributed by atoms with Crippen molar-refractivity contribution in [2.24, 2.45) is 0 Å². The number of hydrogen-bond donors (Lipinski definition) is 1. The minimum atomic E-state index is -0.350. The third-order valence-corrected chi connectivity index (χ3v) is 5.88. The zero-order valence-electron chi connectivity index (χ0n) is 17.3. The molecule has 0 radical (unpaired) electrons. The average molecular weight is 389 g/mol. The molecule has 3 rings (SSSR count). The standard InChI is InChI=1S/C23H36N2O3/c1-2-3-9-17-27-20-12-10-11-19(18-20)24-23(26)28-22-14-6-5-13-21(22)25-15-7-4-8-16-25/h10-12,18,21-22H,2-9,13-17H2,1H3,(H,24,26)/t21-,22-/m0/s1. The molecule has 5 heteroatoms. The minimum Gasteiger partial charge on any atom is -0.494 e. The van der Waals surface area contributed by atoms with Gasteiger partial charge in [-0.1, -0.05) is 38.7 Å². The van der Waals surface area contributed by atoms with Crippen LogP contribution < -0.4 is 10.1 Å². The number of likely N-dealkylation sites (tertiary alicyclic amines) is 1. The van der Waals surface area contributed by atoms with Crippen LogP contribution in [-0.4, -0.2) is 42.8 Å². The Balaban J connectivity index is 1.51. The second kappa shape index (κ2) is 11.3. The highest BCUT2D eigenvalue weighted by Crippen LogP contribution is 2.28. The number of nitrogens with zero attached hydrogens (tertiary/aromatic N) is 1. The minimum absolute atomic E-state index is 0.000302. The third kappa shape index (κ3) is 6.40. The van der Waals surface area contributed by atoms with E-state index in [0.717, 1.165) is 50.2 Å². The van der Waals surface area contributed by atoms with E-state index in [2.05, 4.69) is 17.1 Å². The Labute approximate surface area is 169 Å². The number of nitrogens with one attached hydrogen (secondary N) is 1. The molecule has 1 heterocycles. The summed E-state index contributed by atoms with van der Waals surface area (Å²) in [6.45, 7) is 5.17. The highest BCUT2D eigenvalue weighted by atomic mass is 16.6. The van der Waals surface area contributed by atoms with Gasteiger partial charge in [-0.2, -0.15) is 0 Å². The van der Waals surface area contributed by atoms with Crippen LogP contribution in [0.4, 0.5) is 10.5 Å². The lowest BCUT2D eigenvalue weighted by Crippen LogP contribution is -2.49. The number of hydrogen-bond acceptors (Lipinski definition) is 4. The first-order valence-corrected chi connectivity index (χ1v) is 11.2. The fraction of sp³-hybridized carbons (Fsp3) is 0.696. The predicted molar refractivity (Wildman–Crippen MR) is 113 cm³/mol. The molecule has 0 bridgehead atoms. The van der Waals surface area contributed by atoms with Crippen molar-refractivity contribution in [3.8, 4) is 5.75 Å². The first-order chi connectivity index (χ1) is 13.8. The zero-order chi connectivity index (χ0) is 19.6. The van der Waals surface area contributed by atoms with Crippen LogP contribution in [0.3, 0.4) is 0 Å². The second-order valence-electron chi connectivity index (χ2n) is 8.10. The molecule has 5 nitrogen and oxygen atoms in total. The van der Waals surface area contributed by atoms with Crippen molar-refractivity contribution in [3.63, 3.8) is 0 Å². The number of amides is 1. The van der Waals surface area contributed by atoms with Crippen molar-refractivity contribution in [3.05, 3.63) is 24.3 Å². The first kappa shape index (κ1) is 21.0. The zero-order valence-corrected chi connectivity index (χ0v) is 17.3. The smallest absolute Gasteiger partial charge is 0.411 e.